The first kappa shape index (κ1) is 10.2. The molecule has 2 rings (SSSR count). The molecule has 1 fully saturated rings. The van der Waals surface area contributed by atoms with Crippen LogP contribution in [0.1, 0.15) is 16.7 Å². The molecule has 1 atom stereocenters. The second kappa shape index (κ2) is 3.69. The summed E-state index contributed by atoms with van der Waals surface area (Å²) in [5.74, 6) is 0. The third-order valence-corrected chi connectivity index (χ3v) is 3.59. The Bertz CT molecular complexity index is 389. The summed E-state index contributed by atoms with van der Waals surface area (Å²) in [6, 6.07) is 0. The molecule has 1 aliphatic rings. The standard InChI is InChI=1S/C9H13N3O2S/c1-5-7(6-4-10-9(13)14-6)15-8(11-5)12(2)3/h6H,4H2,1-3H3,(H,10,13). The smallest absolute Gasteiger partial charge is 0.407 e. The van der Waals surface area contributed by atoms with E-state index in [-0.39, 0.29) is 12.2 Å². The average Bonchev–Trinajstić information content (AvgIpc) is 2.71. The molecular weight excluding hydrogens is 214 g/mol. The third kappa shape index (κ3) is 1.90. The van der Waals surface area contributed by atoms with Gasteiger partial charge in [-0.2, -0.15) is 0 Å². The molecule has 1 N–H and O–H groups in total. The van der Waals surface area contributed by atoms with Gasteiger partial charge >= 0.3 is 6.09 Å². The number of cyclic esters (lactones) is 1. The van der Waals surface area contributed by atoms with Gasteiger partial charge in [0.25, 0.3) is 0 Å². The van der Waals surface area contributed by atoms with Crippen LogP contribution in [0.3, 0.4) is 0 Å². The van der Waals surface area contributed by atoms with Crippen molar-refractivity contribution in [3.8, 4) is 0 Å². The van der Waals surface area contributed by atoms with E-state index in [0.29, 0.717) is 6.54 Å². The maximum absolute atomic E-state index is 10.9. The zero-order valence-electron chi connectivity index (χ0n) is 8.90. The van der Waals surface area contributed by atoms with Crippen molar-refractivity contribution in [3.63, 3.8) is 0 Å². The first-order valence-electron chi connectivity index (χ1n) is 4.67. The molecule has 0 aliphatic carbocycles. The second-order valence-corrected chi connectivity index (χ2v) is 4.62. The van der Waals surface area contributed by atoms with Crippen molar-refractivity contribution in [2.24, 2.45) is 0 Å². The Kier molecular flexibility index (Phi) is 2.52. The highest BCUT2D eigenvalue weighted by Crippen LogP contribution is 2.32. The van der Waals surface area contributed by atoms with Crippen LogP contribution in [-0.4, -0.2) is 31.7 Å². The van der Waals surface area contributed by atoms with E-state index in [4.69, 9.17) is 4.74 Å². The van der Waals surface area contributed by atoms with E-state index in [0.717, 1.165) is 15.7 Å². The summed E-state index contributed by atoms with van der Waals surface area (Å²) in [6.07, 6.45) is -0.525. The number of ether oxygens (including phenoxy) is 1. The summed E-state index contributed by atoms with van der Waals surface area (Å²) >= 11 is 1.56. The molecule has 0 saturated carbocycles. The van der Waals surface area contributed by atoms with E-state index in [1.54, 1.807) is 11.3 Å². The van der Waals surface area contributed by atoms with Crippen molar-refractivity contribution in [3.05, 3.63) is 10.6 Å². The van der Waals surface area contributed by atoms with Crippen molar-refractivity contribution in [1.29, 1.82) is 0 Å². The Balaban J connectivity index is 2.24. The van der Waals surface area contributed by atoms with Gasteiger partial charge in [-0.15, -0.1) is 0 Å². The van der Waals surface area contributed by atoms with E-state index >= 15 is 0 Å². The molecule has 1 aromatic rings. The minimum Gasteiger partial charge on any atom is -0.439 e. The highest BCUT2D eigenvalue weighted by atomic mass is 32.1. The largest absolute Gasteiger partial charge is 0.439 e. The van der Waals surface area contributed by atoms with Gasteiger partial charge in [0, 0.05) is 14.1 Å². The normalized spacial score (nSPS) is 19.9. The maximum Gasteiger partial charge on any atom is 0.407 e. The highest BCUT2D eigenvalue weighted by molar-refractivity contribution is 7.15. The third-order valence-electron chi connectivity index (χ3n) is 2.18. The molecule has 1 saturated heterocycles. The number of aryl methyl sites for hydroxylation is 1. The zero-order chi connectivity index (χ0) is 11.0. The van der Waals surface area contributed by atoms with Crippen LogP contribution in [0, 0.1) is 6.92 Å². The summed E-state index contributed by atoms with van der Waals surface area (Å²) in [5.41, 5.74) is 0.935. The number of carbonyl (C=O) groups is 1. The summed E-state index contributed by atoms with van der Waals surface area (Å²) in [6.45, 7) is 2.47. The van der Waals surface area contributed by atoms with Gasteiger partial charge in [-0.25, -0.2) is 9.78 Å². The summed E-state index contributed by atoms with van der Waals surface area (Å²) in [5, 5.41) is 3.57. The van der Waals surface area contributed by atoms with Crippen LogP contribution in [0.4, 0.5) is 9.93 Å². The van der Waals surface area contributed by atoms with Crippen LogP contribution < -0.4 is 10.2 Å². The Hall–Kier alpha value is -1.30. The van der Waals surface area contributed by atoms with E-state index in [9.17, 15) is 4.79 Å². The fourth-order valence-corrected chi connectivity index (χ4v) is 2.44. The molecule has 1 aromatic heterocycles. The van der Waals surface area contributed by atoms with E-state index in [1.807, 2.05) is 25.9 Å². The number of hydrogen-bond donors (Lipinski definition) is 1. The number of thiazole rings is 1. The lowest BCUT2D eigenvalue weighted by Gasteiger charge is -2.06. The Morgan fingerprint density at radius 1 is 1.60 bits per heavy atom. The maximum atomic E-state index is 10.9. The van der Waals surface area contributed by atoms with Crippen LogP contribution in [0.5, 0.6) is 0 Å². The number of nitrogens with one attached hydrogen (secondary N) is 1. The summed E-state index contributed by atoms with van der Waals surface area (Å²) < 4.78 is 5.12. The molecule has 1 amide bonds. The van der Waals surface area contributed by atoms with Crippen LogP contribution in [0.25, 0.3) is 0 Å². The fourth-order valence-electron chi connectivity index (χ4n) is 1.42. The van der Waals surface area contributed by atoms with Crippen LogP contribution in [-0.2, 0) is 4.74 Å². The van der Waals surface area contributed by atoms with Crippen molar-refractivity contribution >= 4 is 22.6 Å². The van der Waals surface area contributed by atoms with Gasteiger partial charge in [0.1, 0.15) is 0 Å². The SMILES string of the molecule is Cc1nc(N(C)C)sc1C1CNC(=O)O1. The number of carbonyl (C=O) groups excluding carboxylic acids is 1. The topological polar surface area (TPSA) is 54.5 Å². The van der Waals surface area contributed by atoms with Gasteiger partial charge in [-0.05, 0) is 6.92 Å². The number of amides is 1. The molecule has 0 bridgehead atoms. The predicted molar refractivity (Wildman–Crippen MR) is 58.4 cm³/mol. The van der Waals surface area contributed by atoms with Gasteiger partial charge in [0.15, 0.2) is 11.2 Å². The molecule has 2 heterocycles. The van der Waals surface area contributed by atoms with Crippen molar-refractivity contribution in [2.45, 2.75) is 13.0 Å². The minimum atomic E-state index is -0.348. The lowest BCUT2D eigenvalue weighted by Crippen LogP contribution is -2.12. The lowest BCUT2D eigenvalue weighted by atomic mass is 10.2. The summed E-state index contributed by atoms with van der Waals surface area (Å²) in [7, 11) is 3.89. The second-order valence-electron chi connectivity index (χ2n) is 3.62. The molecule has 5 nitrogen and oxygen atoms in total. The zero-order valence-corrected chi connectivity index (χ0v) is 9.72. The summed E-state index contributed by atoms with van der Waals surface area (Å²) in [4.78, 5) is 18.3. The Morgan fingerprint density at radius 3 is 2.80 bits per heavy atom. The minimum absolute atomic E-state index is 0.177. The molecule has 1 aliphatic heterocycles. The van der Waals surface area contributed by atoms with Crippen molar-refractivity contribution < 1.29 is 9.53 Å². The monoisotopic (exact) mass is 227 g/mol. The quantitative estimate of drug-likeness (QED) is 0.827. The number of nitrogens with zero attached hydrogens (tertiary/aromatic N) is 2. The number of anilines is 1. The first-order valence-corrected chi connectivity index (χ1v) is 5.48. The molecule has 6 heteroatoms. The highest BCUT2D eigenvalue weighted by Gasteiger charge is 2.28. The van der Waals surface area contributed by atoms with Gasteiger partial charge in [-0.1, -0.05) is 11.3 Å². The van der Waals surface area contributed by atoms with Crippen molar-refractivity contribution in [1.82, 2.24) is 10.3 Å². The van der Waals surface area contributed by atoms with Crippen molar-refractivity contribution in [2.75, 3.05) is 25.5 Å². The number of rotatable bonds is 2. The Morgan fingerprint density at radius 2 is 2.33 bits per heavy atom. The van der Waals surface area contributed by atoms with Crippen LogP contribution in [0.2, 0.25) is 0 Å². The van der Waals surface area contributed by atoms with Gasteiger partial charge in [-0.3, -0.25) is 0 Å². The van der Waals surface area contributed by atoms with Gasteiger partial charge in [0.2, 0.25) is 0 Å². The first-order chi connectivity index (χ1) is 7.08. The molecule has 0 radical (unpaired) electrons. The lowest BCUT2D eigenvalue weighted by molar-refractivity contribution is 0.142. The Labute approximate surface area is 92.1 Å². The number of hydrogen-bond acceptors (Lipinski definition) is 5. The molecule has 82 valence electrons. The number of aromatic nitrogens is 1. The van der Waals surface area contributed by atoms with E-state index in [2.05, 4.69) is 10.3 Å². The van der Waals surface area contributed by atoms with Gasteiger partial charge in [0.05, 0.1) is 17.1 Å². The molecule has 1 unspecified atom stereocenters. The van der Waals surface area contributed by atoms with E-state index in [1.165, 1.54) is 0 Å². The van der Waals surface area contributed by atoms with Crippen LogP contribution in [0.15, 0.2) is 0 Å². The molecule has 0 aromatic carbocycles. The average molecular weight is 227 g/mol. The van der Waals surface area contributed by atoms with Crippen LogP contribution >= 0.6 is 11.3 Å². The fraction of sp³-hybridized carbons (Fsp3) is 0.556. The molecule has 0 spiro atoms. The number of alkyl carbamates (subject to hydrolysis) is 1. The molecule has 15 heavy (non-hydrogen) atoms. The predicted octanol–water partition coefficient (Wildman–Crippen LogP) is 1.30. The molecular formula is C9H13N3O2S. The van der Waals surface area contributed by atoms with Gasteiger partial charge < -0.3 is 15.0 Å². The van der Waals surface area contributed by atoms with E-state index < -0.39 is 0 Å².